The van der Waals surface area contributed by atoms with E-state index in [-0.39, 0.29) is 0 Å². The van der Waals surface area contributed by atoms with Gasteiger partial charge in [-0.25, -0.2) is 0 Å². The molecule has 1 aliphatic rings. The highest BCUT2D eigenvalue weighted by molar-refractivity contribution is 6.81. The standard InChI is InChI=1S/C9H20OSi.C3H6O2/c1-9(2,3)11(4,5)8-6-10-7-8;1-2-5-3-4/h8H,6-7H2,1-5H3;3H,2H2,1H3. The molecule has 0 unspecified atom stereocenters. The van der Waals surface area contributed by atoms with E-state index in [1.54, 1.807) is 6.92 Å². The first-order chi connectivity index (χ1) is 7.27. The lowest BCUT2D eigenvalue weighted by Gasteiger charge is -2.47. The van der Waals surface area contributed by atoms with Gasteiger partial charge in [0.15, 0.2) is 0 Å². The second kappa shape index (κ2) is 6.40. The molecule has 1 heterocycles. The van der Waals surface area contributed by atoms with E-state index < -0.39 is 8.07 Å². The van der Waals surface area contributed by atoms with Crippen molar-refractivity contribution in [1.29, 1.82) is 0 Å². The largest absolute Gasteiger partial charge is 0.468 e. The lowest BCUT2D eigenvalue weighted by molar-refractivity contribution is -0.128. The zero-order valence-corrected chi connectivity index (χ0v) is 12.5. The maximum atomic E-state index is 9.18. The maximum Gasteiger partial charge on any atom is 0.293 e. The molecule has 0 atom stereocenters. The number of hydrogen-bond acceptors (Lipinski definition) is 3. The molecule has 0 bridgehead atoms. The Hall–Kier alpha value is -0.353. The Bertz CT molecular complexity index is 205. The van der Waals surface area contributed by atoms with Gasteiger partial charge in [-0.3, -0.25) is 4.79 Å². The van der Waals surface area contributed by atoms with Gasteiger partial charge in [0.2, 0.25) is 0 Å². The quantitative estimate of drug-likeness (QED) is 0.567. The van der Waals surface area contributed by atoms with Crippen molar-refractivity contribution in [3.8, 4) is 0 Å². The number of carbonyl (C=O) groups excluding carboxylic acids is 1. The molecule has 96 valence electrons. The fourth-order valence-electron chi connectivity index (χ4n) is 1.33. The Labute approximate surface area is 101 Å². The molecule has 1 fully saturated rings. The molecule has 0 aliphatic carbocycles. The minimum atomic E-state index is -1.05. The minimum absolute atomic E-state index is 0.431. The van der Waals surface area contributed by atoms with Gasteiger partial charge >= 0.3 is 0 Å². The molecule has 0 aromatic carbocycles. The molecular weight excluding hydrogens is 220 g/mol. The summed E-state index contributed by atoms with van der Waals surface area (Å²) in [6, 6.07) is 0. The monoisotopic (exact) mass is 246 g/mol. The normalized spacial score (nSPS) is 16.9. The van der Waals surface area contributed by atoms with E-state index in [4.69, 9.17) is 4.74 Å². The third-order valence-electron chi connectivity index (χ3n) is 3.83. The summed E-state index contributed by atoms with van der Waals surface area (Å²) in [5.74, 6) is 0. The first-order valence-electron chi connectivity index (χ1n) is 5.90. The average Bonchev–Trinajstić information content (AvgIpc) is 2.00. The Morgan fingerprint density at radius 1 is 1.38 bits per heavy atom. The molecular formula is C12H26O3Si. The van der Waals surface area contributed by atoms with Crippen molar-refractivity contribution in [2.24, 2.45) is 0 Å². The molecule has 0 radical (unpaired) electrons. The minimum Gasteiger partial charge on any atom is -0.468 e. The zero-order chi connectivity index (χ0) is 12.8. The van der Waals surface area contributed by atoms with Crippen molar-refractivity contribution in [1.82, 2.24) is 0 Å². The van der Waals surface area contributed by atoms with Gasteiger partial charge in [-0.1, -0.05) is 33.9 Å². The van der Waals surface area contributed by atoms with Crippen molar-refractivity contribution in [2.45, 2.75) is 51.4 Å². The molecule has 16 heavy (non-hydrogen) atoms. The molecule has 0 N–H and O–H groups in total. The Morgan fingerprint density at radius 3 is 1.94 bits per heavy atom. The van der Waals surface area contributed by atoms with E-state index in [9.17, 15) is 4.79 Å². The van der Waals surface area contributed by atoms with Crippen molar-refractivity contribution in [3.63, 3.8) is 0 Å². The van der Waals surface area contributed by atoms with E-state index in [2.05, 4.69) is 38.6 Å². The van der Waals surface area contributed by atoms with E-state index in [1.807, 2.05) is 0 Å². The SMILES string of the molecule is CC(C)(C)[Si](C)(C)C1COC1.CCOC=O. The van der Waals surface area contributed by atoms with Gasteiger partial charge in [0.05, 0.1) is 14.7 Å². The van der Waals surface area contributed by atoms with Gasteiger partial charge < -0.3 is 9.47 Å². The fourth-order valence-corrected chi connectivity index (χ4v) is 3.63. The predicted molar refractivity (Wildman–Crippen MR) is 69.5 cm³/mol. The fraction of sp³-hybridized carbons (Fsp3) is 0.917. The summed E-state index contributed by atoms with van der Waals surface area (Å²) < 4.78 is 9.40. The molecule has 0 aromatic rings. The highest BCUT2D eigenvalue weighted by atomic mass is 28.3. The van der Waals surface area contributed by atoms with E-state index in [1.165, 1.54) is 0 Å². The van der Waals surface area contributed by atoms with Crippen LogP contribution in [-0.2, 0) is 14.3 Å². The van der Waals surface area contributed by atoms with Crippen LogP contribution in [-0.4, -0.2) is 34.4 Å². The van der Waals surface area contributed by atoms with Crippen LogP contribution in [0.15, 0.2) is 0 Å². The van der Waals surface area contributed by atoms with E-state index in [0.717, 1.165) is 18.8 Å². The summed E-state index contributed by atoms with van der Waals surface area (Å²) in [7, 11) is -1.05. The maximum absolute atomic E-state index is 9.18. The third-order valence-corrected chi connectivity index (χ3v) is 10.1. The highest BCUT2D eigenvalue weighted by Crippen LogP contribution is 2.46. The van der Waals surface area contributed by atoms with E-state index >= 15 is 0 Å². The average molecular weight is 246 g/mol. The van der Waals surface area contributed by atoms with Gasteiger partial charge in [-0.15, -0.1) is 0 Å². The number of rotatable bonds is 3. The Morgan fingerprint density at radius 2 is 1.88 bits per heavy atom. The van der Waals surface area contributed by atoms with Crippen LogP contribution < -0.4 is 0 Å². The van der Waals surface area contributed by atoms with Gasteiger partial charge in [0.25, 0.3) is 6.47 Å². The first-order valence-corrected chi connectivity index (χ1v) is 8.98. The van der Waals surface area contributed by atoms with Crippen LogP contribution in [0.1, 0.15) is 27.7 Å². The van der Waals surface area contributed by atoms with Crippen LogP contribution in [0.4, 0.5) is 0 Å². The van der Waals surface area contributed by atoms with Crippen LogP contribution in [0.2, 0.25) is 23.7 Å². The summed E-state index contributed by atoms with van der Waals surface area (Å²) in [5, 5.41) is 0.529. The molecule has 1 rings (SSSR count). The van der Waals surface area contributed by atoms with Crippen LogP contribution in [0.25, 0.3) is 0 Å². The van der Waals surface area contributed by atoms with E-state index in [0.29, 0.717) is 18.1 Å². The molecule has 1 aliphatic heterocycles. The highest BCUT2D eigenvalue weighted by Gasteiger charge is 2.45. The Balaban J connectivity index is 0.000000385. The summed E-state index contributed by atoms with van der Waals surface area (Å²) in [6.07, 6.45) is 0. The lowest BCUT2D eigenvalue weighted by atomic mass is 10.2. The van der Waals surface area contributed by atoms with Crippen LogP contribution in [0.5, 0.6) is 0 Å². The van der Waals surface area contributed by atoms with Gasteiger partial charge in [0, 0.05) is 18.8 Å². The molecule has 4 heteroatoms. The summed E-state index contributed by atoms with van der Waals surface area (Å²) >= 11 is 0. The molecule has 0 aromatic heterocycles. The number of ether oxygens (including phenoxy) is 2. The summed E-state index contributed by atoms with van der Waals surface area (Å²) in [5.41, 5.74) is 0.905. The van der Waals surface area contributed by atoms with Gasteiger partial charge in [0.1, 0.15) is 0 Å². The van der Waals surface area contributed by atoms with Crippen LogP contribution in [0, 0.1) is 0 Å². The van der Waals surface area contributed by atoms with Gasteiger partial charge in [-0.05, 0) is 12.0 Å². The van der Waals surface area contributed by atoms with Crippen molar-refractivity contribution < 1.29 is 14.3 Å². The van der Waals surface area contributed by atoms with Crippen molar-refractivity contribution in [2.75, 3.05) is 19.8 Å². The first kappa shape index (κ1) is 15.6. The number of carbonyl (C=O) groups is 1. The Kier molecular flexibility index (Phi) is 6.26. The summed E-state index contributed by atoms with van der Waals surface area (Å²) in [6.45, 7) is 16.8. The lowest BCUT2D eigenvalue weighted by Crippen LogP contribution is -2.49. The zero-order valence-electron chi connectivity index (χ0n) is 11.5. The molecule has 3 nitrogen and oxygen atoms in total. The second-order valence-electron chi connectivity index (χ2n) is 5.76. The molecule has 1 saturated heterocycles. The second-order valence-corrected chi connectivity index (χ2v) is 11.5. The molecule has 0 saturated carbocycles. The van der Waals surface area contributed by atoms with Crippen molar-refractivity contribution in [3.05, 3.63) is 0 Å². The number of hydrogen-bond donors (Lipinski definition) is 0. The topological polar surface area (TPSA) is 35.5 Å². The van der Waals surface area contributed by atoms with Crippen molar-refractivity contribution >= 4 is 14.5 Å². The summed E-state index contributed by atoms with van der Waals surface area (Å²) in [4.78, 5) is 9.18. The molecule has 0 spiro atoms. The predicted octanol–water partition coefficient (Wildman–Crippen LogP) is 3.07. The van der Waals surface area contributed by atoms with Crippen LogP contribution >= 0.6 is 0 Å². The third kappa shape index (κ3) is 4.26. The van der Waals surface area contributed by atoms with Gasteiger partial charge in [-0.2, -0.15) is 0 Å². The molecule has 0 amide bonds. The van der Waals surface area contributed by atoms with Crippen LogP contribution in [0.3, 0.4) is 0 Å². The smallest absolute Gasteiger partial charge is 0.293 e.